The van der Waals surface area contributed by atoms with Crippen LogP contribution in [0.15, 0.2) is 10.9 Å². The second-order valence-corrected chi connectivity index (χ2v) is 3.28. The minimum atomic E-state index is -0.274. The van der Waals surface area contributed by atoms with Gasteiger partial charge in [0, 0.05) is 19.5 Å². The van der Waals surface area contributed by atoms with E-state index in [1.54, 1.807) is 0 Å². The number of carbonyl (C=O) groups excluding carboxylic acids is 1. The summed E-state index contributed by atoms with van der Waals surface area (Å²) in [6, 6.07) is 1.28. The molecular formula is C9H11ClN2O3. The van der Waals surface area contributed by atoms with Crippen LogP contribution in [0.2, 0.25) is 5.15 Å². The molecule has 0 aliphatic carbocycles. The number of carbonyl (C=O) groups is 1. The topological polar surface area (TPSA) is 71.2 Å². The SMILES string of the molecule is COc1cc(=O)c(CNC(C)=O)c(Cl)[nH]1. The van der Waals surface area contributed by atoms with Crippen LogP contribution in [0.5, 0.6) is 5.88 Å². The van der Waals surface area contributed by atoms with Gasteiger partial charge < -0.3 is 15.0 Å². The van der Waals surface area contributed by atoms with E-state index < -0.39 is 0 Å². The van der Waals surface area contributed by atoms with E-state index >= 15 is 0 Å². The van der Waals surface area contributed by atoms with E-state index in [4.69, 9.17) is 16.3 Å². The van der Waals surface area contributed by atoms with Crippen LogP contribution >= 0.6 is 11.6 Å². The monoisotopic (exact) mass is 230 g/mol. The maximum atomic E-state index is 11.5. The smallest absolute Gasteiger partial charge is 0.217 e. The summed E-state index contributed by atoms with van der Waals surface area (Å²) in [5.41, 5.74) is 0.0389. The number of amides is 1. The normalized spacial score (nSPS) is 9.80. The molecule has 1 amide bonds. The highest BCUT2D eigenvalue weighted by atomic mass is 35.5. The van der Waals surface area contributed by atoms with E-state index in [1.165, 1.54) is 20.1 Å². The van der Waals surface area contributed by atoms with Gasteiger partial charge in [-0.15, -0.1) is 0 Å². The van der Waals surface area contributed by atoms with Gasteiger partial charge in [0.05, 0.1) is 12.7 Å². The van der Waals surface area contributed by atoms with Crippen molar-refractivity contribution in [3.63, 3.8) is 0 Å². The third kappa shape index (κ3) is 2.99. The zero-order valence-corrected chi connectivity index (χ0v) is 9.14. The van der Waals surface area contributed by atoms with E-state index in [2.05, 4.69) is 10.3 Å². The minimum absolute atomic E-state index is 0.105. The Kier molecular flexibility index (Phi) is 3.74. The fourth-order valence-electron chi connectivity index (χ4n) is 1.02. The number of rotatable bonds is 3. The molecule has 0 bridgehead atoms. The Bertz CT molecular complexity index is 428. The highest BCUT2D eigenvalue weighted by Gasteiger charge is 2.08. The summed E-state index contributed by atoms with van der Waals surface area (Å²) in [4.78, 5) is 24.9. The van der Waals surface area contributed by atoms with Crippen LogP contribution in [0.25, 0.3) is 0 Å². The van der Waals surface area contributed by atoms with Crippen molar-refractivity contribution in [1.82, 2.24) is 10.3 Å². The third-order valence-electron chi connectivity index (χ3n) is 1.79. The molecule has 1 heterocycles. The number of halogens is 1. The molecule has 5 nitrogen and oxygen atoms in total. The predicted molar refractivity (Wildman–Crippen MR) is 56.1 cm³/mol. The van der Waals surface area contributed by atoms with E-state index in [1.807, 2.05) is 0 Å². The Morgan fingerprint density at radius 3 is 2.80 bits per heavy atom. The summed E-state index contributed by atoms with van der Waals surface area (Å²) in [6.45, 7) is 1.47. The standard InChI is InChI=1S/C9H11ClN2O3/c1-5(13)11-4-6-7(14)3-8(15-2)12-9(6)10/h3H,4H2,1-2H3,(H,11,13)(H,12,14). The van der Waals surface area contributed by atoms with E-state index in [-0.39, 0.29) is 28.9 Å². The molecule has 1 aromatic heterocycles. The van der Waals surface area contributed by atoms with Crippen LogP contribution in [-0.2, 0) is 11.3 Å². The Balaban J connectivity index is 2.98. The van der Waals surface area contributed by atoms with Crippen LogP contribution in [0.4, 0.5) is 0 Å². The molecule has 1 rings (SSSR count). The molecule has 0 radical (unpaired) electrons. The van der Waals surface area contributed by atoms with Gasteiger partial charge in [-0.3, -0.25) is 9.59 Å². The number of aromatic amines is 1. The van der Waals surface area contributed by atoms with Crippen molar-refractivity contribution in [2.75, 3.05) is 7.11 Å². The number of pyridine rings is 1. The number of hydrogen-bond acceptors (Lipinski definition) is 3. The van der Waals surface area contributed by atoms with Gasteiger partial charge in [0.1, 0.15) is 5.15 Å². The highest BCUT2D eigenvalue weighted by molar-refractivity contribution is 6.30. The molecule has 0 aliphatic heterocycles. The number of methoxy groups -OCH3 is 1. The lowest BCUT2D eigenvalue weighted by Crippen LogP contribution is -2.24. The molecule has 0 unspecified atom stereocenters. The summed E-state index contributed by atoms with van der Waals surface area (Å²) in [5.74, 6) is 0.0675. The molecule has 0 saturated heterocycles. The summed E-state index contributed by atoms with van der Waals surface area (Å²) in [6.07, 6.45) is 0. The largest absolute Gasteiger partial charge is 0.482 e. The molecule has 0 fully saturated rings. The predicted octanol–water partition coefficient (Wildman–Crippen LogP) is 0.673. The fraction of sp³-hybridized carbons (Fsp3) is 0.333. The van der Waals surface area contributed by atoms with Crippen LogP contribution in [0, 0.1) is 0 Å². The van der Waals surface area contributed by atoms with Gasteiger partial charge in [-0.05, 0) is 0 Å². The van der Waals surface area contributed by atoms with Crippen LogP contribution < -0.4 is 15.5 Å². The molecule has 0 saturated carbocycles. The summed E-state index contributed by atoms with van der Waals surface area (Å²) in [7, 11) is 1.43. The molecular weight excluding hydrogens is 220 g/mol. The molecule has 0 spiro atoms. The molecule has 2 N–H and O–H groups in total. The van der Waals surface area contributed by atoms with Crippen molar-refractivity contribution in [2.45, 2.75) is 13.5 Å². The first-order valence-corrected chi connectivity index (χ1v) is 4.62. The minimum Gasteiger partial charge on any atom is -0.482 e. The maximum absolute atomic E-state index is 11.5. The summed E-state index contributed by atoms with van der Waals surface area (Å²) >= 11 is 5.81. The quantitative estimate of drug-likeness (QED) is 0.750. The van der Waals surface area contributed by atoms with Crippen LogP contribution in [0.3, 0.4) is 0 Å². The first-order valence-electron chi connectivity index (χ1n) is 4.24. The van der Waals surface area contributed by atoms with Crippen molar-refractivity contribution < 1.29 is 9.53 Å². The zero-order chi connectivity index (χ0) is 11.4. The Labute approximate surface area is 91.4 Å². The number of hydrogen-bond donors (Lipinski definition) is 2. The molecule has 0 atom stereocenters. The van der Waals surface area contributed by atoms with Gasteiger partial charge in [-0.25, -0.2) is 0 Å². The van der Waals surface area contributed by atoms with Crippen molar-refractivity contribution in [3.05, 3.63) is 27.0 Å². The van der Waals surface area contributed by atoms with Gasteiger partial charge in [-0.1, -0.05) is 11.6 Å². The Morgan fingerprint density at radius 2 is 2.33 bits per heavy atom. The average Bonchev–Trinajstić information content (AvgIpc) is 2.15. The average molecular weight is 231 g/mol. The zero-order valence-electron chi connectivity index (χ0n) is 8.39. The number of nitrogens with one attached hydrogen (secondary N) is 2. The highest BCUT2D eigenvalue weighted by Crippen LogP contribution is 2.13. The lowest BCUT2D eigenvalue weighted by molar-refractivity contribution is -0.119. The van der Waals surface area contributed by atoms with Crippen molar-refractivity contribution in [2.24, 2.45) is 0 Å². The Morgan fingerprint density at radius 1 is 1.67 bits per heavy atom. The van der Waals surface area contributed by atoms with E-state index in [9.17, 15) is 9.59 Å². The Hall–Kier alpha value is -1.49. The van der Waals surface area contributed by atoms with Crippen LogP contribution in [-0.4, -0.2) is 18.0 Å². The van der Waals surface area contributed by atoms with Crippen LogP contribution in [0.1, 0.15) is 12.5 Å². The lowest BCUT2D eigenvalue weighted by atomic mass is 10.2. The molecule has 0 aromatic carbocycles. The first kappa shape index (κ1) is 11.6. The lowest BCUT2D eigenvalue weighted by Gasteiger charge is -2.06. The molecule has 1 aromatic rings. The van der Waals surface area contributed by atoms with E-state index in [0.717, 1.165) is 0 Å². The number of ether oxygens (including phenoxy) is 1. The first-order chi connectivity index (χ1) is 7.04. The number of H-pyrrole nitrogens is 1. The fourth-order valence-corrected chi connectivity index (χ4v) is 1.27. The van der Waals surface area contributed by atoms with Gasteiger partial charge in [0.15, 0.2) is 11.3 Å². The van der Waals surface area contributed by atoms with Crippen molar-refractivity contribution in [3.8, 4) is 5.88 Å². The molecule has 6 heteroatoms. The summed E-state index contributed by atoms with van der Waals surface area (Å²) < 4.78 is 4.83. The van der Waals surface area contributed by atoms with E-state index in [0.29, 0.717) is 5.56 Å². The second kappa shape index (κ2) is 4.84. The van der Waals surface area contributed by atoms with Gasteiger partial charge >= 0.3 is 0 Å². The molecule has 82 valence electrons. The molecule has 0 aliphatic rings. The second-order valence-electron chi connectivity index (χ2n) is 2.90. The maximum Gasteiger partial charge on any atom is 0.217 e. The number of aromatic nitrogens is 1. The summed E-state index contributed by atoms with van der Waals surface area (Å²) in [5, 5.41) is 2.67. The third-order valence-corrected chi connectivity index (χ3v) is 2.11. The van der Waals surface area contributed by atoms with Gasteiger partial charge in [0.25, 0.3) is 0 Å². The van der Waals surface area contributed by atoms with Gasteiger partial charge in [0.2, 0.25) is 5.91 Å². The molecule has 15 heavy (non-hydrogen) atoms. The van der Waals surface area contributed by atoms with Crippen molar-refractivity contribution in [1.29, 1.82) is 0 Å². The van der Waals surface area contributed by atoms with Gasteiger partial charge in [-0.2, -0.15) is 0 Å². The van der Waals surface area contributed by atoms with Crippen molar-refractivity contribution >= 4 is 17.5 Å².